The Hall–Kier alpha value is -4.64. The van der Waals surface area contributed by atoms with Gasteiger partial charge >= 0.3 is 0 Å². The summed E-state index contributed by atoms with van der Waals surface area (Å²) in [6.45, 7) is 6.65. The summed E-state index contributed by atoms with van der Waals surface area (Å²) in [4.78, 5) is 4.68. The van der Waals surface area contributed by atoms with Crippen molar-refractivity contribution in [1.82, 2.24) is 14.1 Å². The highest BCUT2D eigenvalue weighted by atomic mass is 16.5. The zero-order chi connectivity index (χ0) is 26.3. The Balaban J connectivity index is 1.39. The normalized spacial score (nSPS) is 17.2. The molecule has 1 aliphatic carbocycles. The molecule has 0 aliphatic heterocycles. The molecule has 0 spiro atoms. The van der Waals surface area contributed by atoms with Gasteiger partial charge in [-0.25, -0.2) is 4.98 Å². The third kappa shape index (κ3) is 4.48. The van der Waals surface area contributed by atoms with Crippen LogP contribution in [-0.2, 0) is 12.5 Å². The highest BCUT2D eigenvalue weighted by Gasteiger charge is 2.15. The minimum Gasteiger partial charge on any atom is -0.458 e. The molecule has 0 saturated carbocycles. The van der Waals surface area contributed by atoms with E-state index in [1.165, 1.54) is 5.56 Å². The van der Waals surface area contributed by atoms with Gasteiger partial charge in [-0.1, -0.05) is 75.4 Å². The summed E-state index contributed by atoms with van der Waals surface area (Å²) in [5.74, 6) is 2.38. The van der Waals surface area contributed by atoms with Crippen molar-refractivity contribution in [1.29, 1.82) is 0 Å². The van der Waals surface area contributed by atoms with Crippen LogP contribution in [0.5, 0.6) is 5.75 Å². The van der Waals surface area contributed by atoms with Crippen LogP contribution in [0.15, 0.2) is 103 Å². The molecule has 0 bridgehead atoms. The Kier molecular flexibility index (Phi) is 5.84. The van der Waals surface area contributed by atoms with Crippen LogP contribution in [0.4, 0.5) is 0 Å². The largest absolute Gasteiger partial charge is 0.458 e. The molecule has 0 amide bonds. The highest BCUT2D eigenvalue weighted by molar-refractivity contribution is 5.72. The van der Waals surface area contributed by atoms with Crippen LogP contribution in [0, 0.1) is 6.33 Å². The van der Waals surface area contributed by atoms with Gasteiger partial charge in [-0.3, -0.25) is 0 Å². The fourth-order valence-corrected chi connectivity index (χ4v) is 4.74. The van der Waals surface area contributed by atoms with E-state index in [9.17, 15) is 0 Å². The second-order valence-electron chi connectivity index (χ2n) is 10.5. The van der Waals surface area contributed by atoms with Gasteiger partial charge < -0.3 is 18.4 Å². The molecule has 5 aromatic rings. The first-order valence-corrected chi connectivity index (χ1v) is 12.8. The maximum Gasteiger partial charge on any atom is 0.244 e. The smallest absolute Gasteiger partial charge is 0.244 e. The summed E-state index contributed by atoms with van der Waals surface area (Å²) in [5, 5.41) is 2.13. The van der Waals surface area contributed by atoms with Crippen LogP contribution < -0.4 is 19.9 Å². The predicted octanol–water partition coefficient (Wildman–Crippen LogP) is 4.83. The van der Waals surface area contributed by atoms with E-state index in [-0.39, 0.29) is 5.41 Å². The number of pyridine rings is 1. The molecule has 188 valence electrons. The van der Waals surface area contributed by atoms with E-state index in [0.29, 0.717) is 0 Å². The molecule has 0 unspecified atom stereocenters. The number of allylic oxidation sites excluding steroid dienone is 4. The predicted molar refractivity (Wildman–Crippen MR) is 152 cm³/mol. The summed E-state index contributed by atoms with van der Waals surface area (Å²) in [5.41, 5.74) is 4.48. The van der Waals surface area contributed by atoms with Gasteiger partial charge in [0.1, 0.15) is 17.3 Å². The summed E-state index contributed by atoms with van der Waals surface area (Å²) in [6.07, 6.45) is 17.6. The fraction of sp³-hybridized carbons (Fsp3) is 0.152. The summed E-state index contributed by atoms with van der Waals surface area (Å²) >= 11 is 0. The zero-order valence-corrected chi connectivity index (χ0v) is 22.1. The van der Waals surface area contributed by atoms with Crippen molar-refractivity contribution in [3.8, 4) is 17.3 Å². The van der Waals surface area contributed by atoms with Crippen molar-refractivity contribution in [3.05, 3.63) is 126 Å². The molecular formula is C33H30N4O. The Morgan fingerprint density at radius 2 is 1.76 bits per heavy atom. The molecule has 1 aliphatic rings. The lowest BCUT2D eigenvalue weighted by Gasteiger charge is -2.19. The van der Waals surface area contributed by atoms with Crippen molar-refractivity contribution in [2.75, 3.05) is 0 Å². The number of aryl methyl sites for hydroxylation is 1. The average molecular weight is 499 g/mol. The number of benzene rings is 2. The Morgan fingerprint density at radius 3 is 2.63 bits per heavy atom. The van der Waals surface area contributed by atoms with Crippen molar-refractivity contribution < 1.29 is 9.30 Å². The molecule has 6 rings (SSSR count). The summed E-state index contributed by atoms with van der Waals surface area (Å²) in [7, 11) is 2.01. The van der Waals surface area contributed by atoms with E-state index in [0.717, 1.165) is 44.6 Å². The zero-order valence-electron chi connectivity index (χ0n) is 22.1. The van der Waals surface area contributed by atoms with Crippen molar-refractivity contribution in [2.24, 2.45) is 7.05 Å². The number of ether oxygens (including phenoxy) is 1. The first-order valence-electron chi connectivity index (χ1n) is 12.8. The maximum atomic E-state index is 6.44. The lowest BCUT2D eigenvalue weighted by molar-refractivity contribution is -0.572. The summed E-state index contributed by atoms with van der Waals surface area (Å²) < 4.78 is 12.6. The van der Waals surface area contributed by atoms with Crippen molar-refractivity contribution in [2.45, 2.75) is 26.2 Å². The number of hydrogen-bond donors (Lipinski definition) is 0. The third-order valence-electron chi connectivity index (χ3n) is 6.79. The average Bonchev–Trinajstić information content (AvgIpc) is 3.45. The highest BCUT2D eigenvalue weighted by Crippen LogP contribution is 2.23. The van der Waals surface area contributed by atoms with Gasteiger partial charge in [0.05, 0.1) is 29.1 Å². The molecule has 3 aromatic heterocycles. The number of hydrogen-bond acceptors (Lipinski definition) is 2. The molecule has 0 radical (unpaired) electrons. The second-order valence-corrected chi connectivity index (χ2v) is 10.5. The van der Waals surface area contributed by atoms with E-state index >= 15 is 0 Å². The van der Waals surface area contributed by atoms with Crippen LogP contribution in [0.2, 0.25) is 0 Å². The van der Waals surface area contributed by atoms with Crippen LogP contribution in [-0.4, -0.2) is 14.1 Å². The number of para-hydroxylation sites is 2. The molecular weight excluding hydrogens is 468 g/mol. The quantitative estimate of drug-likeness (QED) is 0.263. The minimum absolute atomic E-state index is 0.0383. The van der Waals surface area contributed by atoms with E-state index in [1.807, 2.05) is 66.4 Å². The number of nitrogens with zero attached hydrogens (tertiary/aromatic N) is 4. The molecule has 3 heterocycles. The fourth-order valence-electron chi connectivity index (χ4n) is 4.74. The van der Waals surface area contributed by atoms with Gasteiger partial charge in [0.25, 0.3) is 0 Å². The number of rotatable bonds is 4. The van der Waals surface area contributed by atoms with Crippen LogP contribution in [0.3, 0.4) is 0 Å². The Morgan fingerprint density at radius 1 is 0.921 bits per heavy atom. The van der Waals surface area contributed by atoms with E-state index in [4.69, 9.17) is 4.74 Å². The van der Waals surface area contributed by atoms with Gasteiger partial charge in [0.2, 0.25) is 6.33 Å². The van der Waals surface area contributed by atoms with Crippen LogP contribution >= 0.6 is 0 Å². The van der Waals surface area contributed by atoms with Gasteiger partial charge in [-0.2, -0.15) is 0 Å². The first-order chi connectivity index (χ1) is 18.4. The van der Waals surface area contributed by atoms with Gasteiger partial charge in [-0.05, 0) is 47.4 Å². The van der Waals surface area contributed by atoms with E-state index in [1.54, 1.807) is 0 Å². The molecule has 38 heavy (non-hydrogen) atoms. The third-order valence-corrected chi connectivity index (χ3v) is 6.79. The minimum atomic E-state index is 0.0383. The van der Waals surface area contributed by atoms with Crippen molar-refractivity contribution >= 4 is 23.2 Å². The Bertz CT molecular complexity index is 1840. The molecule has 0 atom stereocenters. The Labute approximate surface area is 222 Å². The number of aromatic nitrogens is 4. The van der Waals surface area contributed by atoms with Crippen molar-refractivity contribution in [3.63, 3.8) is 0 Å². The standard InChI is InChI=1S/C33H30N4O/c1-33(2,3)25-16-18-34-32(20-25)36-19-17-24-10-5-6-12-28(22-31(24)36)38-27-13-9-11-26(21-27)37-23-35(4)29-14-7-8-15-30(29)37/h5-22H,1-4H3/b6-5-,10-5?,12-6?,24-10-,28-12+,28-22?,31-22+. The molecule has 5 heteroatoms. The summed E-state index contributed by atoms with van der Waals surface area (Å²) in [6, 6.07) is 22.7. The molecule has 0 fully saturated rings. The van der Waals surface area contributed by atoms with Gasteiger partial charge in [0.15, 0.2) is 0 Å². The van der Waals surface area contributed by atoms with E-state index in [2.05, 4.69) is 96.0 Å². The van der Waals surface area contributed by atoms with Crippen LogP contribution in [0.25, 0.3) is 34.7 Å². The lowest BCUT2D eigenvalue weighted by Crippen LogP contribution is -2.30. The SMILES string of the molecule is Cn1[c-][n+](-c2cccc(OC3=C/C=C\C=c4\ccn(-c5cc(C(C)(C)C)ccn5)\c4=C\3)c2)c2ccccc21. The lowest BCUT2D eigenvalue weighted by atomic mass is 9.88. The molecule has 0 saturated heterocycles. The second kappa shape index (κ2) is 9.34. The van der Waals surface area contributed by atoms with E-state index < -0.39 is 0 Å². The maximum absolute atomic E-state index is 6.44. The number of fused-ring (bicyclic) bond motifs is 2. The first kappa shape index (κ1) is 23.7. The van der Waals surface area contributed by atoms with Gasteiger partial charge in [-0.15, -0.1) is 0 Å². The molecule has 2 aromatic carbocycles. The molecule has 0 N–H and O–H groups in total. The number of imidazole rings is 1. The van der Waals surface area contributed by atoms with Gasteiger partial charge in [0, 0.05) is 23.7 Å². The monoisotopic (exact) mass is 498 g/mol. The van der Waals surface area contributed by atoms with Crippen LogP contribution in [0.1, 0.15) is 26.3 Å². The topological polar surface area (TPSA) is 35.9 Å². The molecule has 5 nitrogen and oxygen atoms in total.